The number of aromatic nitrogens is 1. The number of allylic oxidation sites excluding steroid dienone is 4. The summed E-state index contributed by atoms with van der Waals surface area (Å²) in [5, 5.41) is 3.24. The second kappa shape index (κ2) is 9.51. The molecule has 6 rings (SSSR count). The third-order valence-corrected chi connectivity index (χ3v) is 8.00. The Bertz CT molecular complexity index is 1100. The van der Waals surface area contributed by atoms with Gasteiger partial charge in [0.25, 0.3) is 11.5 Å². The van der Waals surface area contributed by atoms with Gasteiger partial charge < -0.3 is 10.2 Å². The molecule has 1 atom stereocenters. The van der Waals surface area contributed by atoms with Gasteiger partial charge in [0.1, 0.15) is 0 Å². The lowest BCUT2D eigenvalue weighted by Crippen LogP contribution is -2.57. The molecule has 2 aromatic rings. The average molecular weight is 448 g/mol. The maximum atomic E-state index is 13.0. The molecule has 0 saturated carbocycles. The Balaban J connectivity index is 1.37. The molecular formula is C26H29N3O2S. The van der Waals surface area contributed by atoms with E-state index in [1.54, 1.807) is 28.6 Å². The van der Waals surface area contributed by atoms with Crippen LogP contribution in [0.4, 0.5) is 0 Å². The molecule has 4 aliphatic rings. The predicted octanol–water partition coefficient (Wildman–Crippen LogP) is 4.12. The molecule has 1 N–H and O–H groups in total. The predicted molar refractivity (Wildman–Crippen MR) is 130 cm³/mol. The summed E-state index contributed by atoms with van der Waals surface area (Å²) in [7, 11) is 0. The van der Waals surface area contributed by atoms with Crippen molar-refractivity contribution in [2.24, 2.45) is 5.92 Å². The van der Waals surface area contributed by atoms with Gasteiger partial charge in [-0.25, -0.2) is 0 Å². The van der Waals surface area contributed by atoms with Gasteiger partial charge in [0.2, 0.25) is 0 Å². The number of benzene rings is 1. The van der Waals surface area contributed by atoms with Crippen molar-refractivity contribution >= 4 is 23.4 Å². The molecule has 2 bridgehead atoms. The number of hydrogen-bond donors (Lipinski definition) is 1. The summed E-state index contributed by atoms with van der Waals surface area (Å²) < 4.78 is 1.65. The van der Waals surface area contributed by atoms with Crippen molar-refractivity contribution in [3.8, 4) is 0 Å². The van der Waals surface area contributed by atoms with E-state index >= 15 is 0 Å². The van der Waals surface area contributed by atoms with Gasteiger partial charge in [-0.2, -0.15) is 0 Å². The molecule has 1 aliphatic carbocycles. The number of pyridine rings is 1. The Hall–Kier alpha value is -2.57. The van der Waals surface area contributed by atoms with Crippen molar-refractivity contribution in [1.82, 2.24) is 14.8 Å². The quantitative estimate of drug-likeness (QED) is 0.724. The normalized spacial score (nSPS) is 24.6. The molecule has 1 aromatic carbocycles. The number of carbonyl (C=O) groups is 1. The number of hydrogen-bond acceptors (Lipinski definition) is 4. The van der Waals surface area contributed by atoms with E-state index in [0.29, 0.717) is 11.5 Å². The summed E-state index contributed by atoms with van der Waals surface area (Å²) in [5.41, 5.74) is 2.58. The van der Waals surface area contributed by atoms with E-state index in [0.717, 1.165) is 56.8 Å². The third kappa shape index (κ3) is 4.62. The van der Waals surface area contributed by atoms with Gasteiger partial charge in [-0.3, -0.25) is 14.2 Å². The molecule has 1 amide bonds. The van der Waals surface area contributed by atoms with Crippen molar-refractivity contribution in [3.05, 3.63) is 87.2 Å². The Morgan fingerprint density at radius 3 is 2.66 bits per heavy atom. The fraction of sp³-hybridized carbons (Fsp3) is 0.385. The van der Waals surface area contributed by atoms with E-state index in [1.807, 2.05) is 24.3 Å². The zero-order valence-corrected chi connectivity index (χ0v) is 19.0. The fourth-order valence-electron chi connectivity index (χ4n) is 4.93. The molecule has 166 valence electrons. The fourth-order valence-corrected chi connectivity index (χ4v) is 6.04. The molecule has 0 spiro atoms. The minimum atomic E-state index is -0.108. The maximum Gasteiger partial charge on any atom is 0.255 e. The number of piperidine rings is 3. The van der Waals surface area contributed by atoms with Crippen LogP contribution in [-0.2, 0) is 5.75 Å². The van der Waals surface area contributed by atoms with Gasteiger partial charge in [-0.1, -0.05) is 36.4 Å². The van der Waals surface area contributed by atoms with Gasteiger partial charge in [-0.15, -0.1) is 11.8 Å². The van der Waals surface area contributed by atoms with E-state index in [9.17, 15) is 9.59 Å². The van der Waals surface area contributed by atoms with Crippen LogP contribution in [0.25, 0.3) is 5.70 Å². The van der Waals surface area contributed by atoms with Crippen LogP contribution in [0.2, 0.25) is 0 Å². The van der Waals surface area contributed by atoms with Crippen LogP contribution < -0.4 is 10.9 Å². The Labute approximate surface area is 193 Å². The van der Waals surface area contributed by atoms with E-state index in [-0.39, 0.29) is 17.5 Å². The van der Waals surface area contributed by atoms with Gasteiger partial charge in [-0.05, 0) is 62.4 Å². The molecule has 3 saturated heterocycles. The van der Waals surface area contributed by atoms with Crippen molar-refractivity contribution < 1.29 is 4.79 Å². The first-order valence-corrected chi connectivity index (χ1v) is 12.5. The highest BCUT2D eigenvalue weighted by Gasteiger charge is 2.35. The van der Waals surface area contributed by atoms with Crippen molar-refractivity contribution in [3.63, 3.8) is 0 Å². The number of nitrogens with zero attached hydrogens (tertiary/aromatic N) is 2. The summed E-state index contributed by atoms with van der Waals surface area (Å²) >= 11 is 1.78. The first kappa shape index (κ1) is 21.3. The van der Waals surface area contributed by atoms with Crippen molar-refractivity contribution in [1.29, 1.82) is 0 Å². The summed E-state index contributed by atoms with van der Waals surface area (Å²) in [5.74, 6) is 1.35. The van der Waals surface area contributed by atoms with Gasteiger partial charge in [0.15, 0.2) is 0 Å². The van der Waals surface area contributed by atoms with Gasteiger partial charge >= 0.3 is 0 Å². The number of amides is 1. The standard InChI is InChI=1S/C26H29N3O2S/c30-25-11-10-21(26(31)27-22-17-28-14-12-20(22)13-15-28)16-29(25)23-8-4-5-9-24(23)32-18-19-6-2-1-3-7-19/h1-4,6-8,10-11,16,20,22H,5,9,12-15,17-18H2,(H,27,31). The Morgan fingerprint density at radius 2 is 1.91 bits per heavy atom. The number of rotatable bonds is 6. The molecule has 5 nitrogen and oxygen atoms in total. The second-order valence-electron chi connectivity index (χ2n) is 8.87. The lowest BCUT2D eigenvalue weighted by molar-refractivity contribution is 0.0620. The van der Waals surface area contributed by atoms with Crippen LogP contribution in [0.3, 0.4) is 0 Å². The van der Waals surface area contributed by atoms with Crippen molar-refractivity contribution in [2.45, 2.75) is 37.5 Å². The molecule has 1 unspecified atom stereocenters. The zero-order valence-electron chi connectivity index (χ0n) is 18.2. The Kier molecular flexibility index (Phi) is 6.32. The van der Waals surface area contributed by atoms with Crippen LogP contribution in [0.5, 0.6) is 0 Å². The molecular weight excluding hydrogens is 418 g/mol. The SMILES string of the molecule is O=C(NC1CN2CCC1CC2)c1ccc(=O)n(C2=C(SCc3ccccc3)CCC=C2)c1. The average Bonchev–Trinajstić information content (AvgIpc) is 2.85. The first-order chi connectivity index (χ1) is 15.7. The number of nitrogens with one attached hydrogen (secondary N) is 1. The van der Waals surface area contributed by atoms with Crippen LogP contribution in [0.1, 0.15) is 41.6 Å². The first-order valence-electron chi connectivity index (χ1n) is 11.5. The van der Waals surface area contributed by atoms with Crippen LogP contribution in [-0.4, -0.2) is 41.1 Å². The highest BCUT2D eigenvalue weighted by Crippen LogP contribution is 2.33. The minimum Gasteiger partial charge on any atom is -0.348 e. The summed E-state index contributed by atoms with van der Waals surface area (Å²) in [6.07, 6.45) is 10.0. The molecule has 32 heavy (non-hydrogen) atoms. The number of thioether (sulfide) groups is 1. The highest BCUT2D eigenvalue weighted by molar-refractivity contribution is 8.02. The van der Waals surface area contributed by atoms with Crippen LogP contribution >= 0.6 is 11.8 Å². The summed E-state index contributed by atoms with van der Waals surface area (Å²) in [6.45, 7) is 3.22. The highest BCUT2D eigenvalue weighted by atomic mass is 32.2. The smallest absolute Gasteiger partial charge is 0.255 e. The molecule has 6 heteroatoms. The second-order valence-corrected chi connectivity index (χ2v) is 9.94. The summed E-state index contributed by atoms with van der Waals surface area (Å²) in [4.78, 5) is 29.4. The van der Waals surface area contributed by atoms with Gasteiger partial charge in [0.05, 0.1) is 11.3 Å². The minimum absolute atomic E-state index is 0.0867. The lowest BCUT2D eigenvalue weighted by atomic mass is 9.84. The van der Waals surface area contributed by atoms with Crippen LogP contribution in [0.15, 0.2) is 70.5 Å². The largest absolute Gasteiger partial charge is 0.348 e. The van der Waals surface area contributed by atoms with E-state index in [1.165, 1.54) is 16.5 Å². The maximum absolute atomic E-state index is 13.0. The molecule has 0 radical (unpaired) electrons. The third-order valence-electron chi connectivity index (χ3n) is 6.76. The number of carbonyl (C=O) groups excluding carboxylic acids is 1. The molecule has 1 aromatic heterocycles. The topological polar surface area (TPSA) is 54.3 Å². The summed E-state index contributed by atoms with van der Waals surface area (Å²) in [6, 6.07) is 13.7. The van der Waals surface area contributed by atoms with E-state index < -0.39 is 0 Å². The number of fused-ring (bicyclic) bond motifs is 3. The van der Waals surface area contributed by atoms with E-state index in [2.05, 4.69) is 28.4 Å². The Morgan fingerprint density at radius 1 is 1.09 bits per heavy atom. The molecule has 4 heterocycles. The van der Waals surface area contributed by atoms with Gasteiger partial charge in [0, 0.05) is 35.5 Å². The van der Waals surface area contributed by atoms with Crippen molar-refractivity contribution in [2.75, 3.05) is 19.6 Å². The lowest BCUT2D eigenvalue weighted by Gasteiger charge is -2.44. The molecule has 3 aliphatic heterocycles. The van der Waals surface area contributed by atoms with E-state index in [4.69, 9.17) is 0 Å². The monoisotopic (exact) mass is 447 g/mol. The van der Waals surface area contributed by atoms with Crippen LogP contribution in [0, 0.1) is 5.92 Å². The molecule has 3 fully saturated rings. The zero-order chi connectivity index (χ0) is 21.9.